The van der Waals surface area contributed by atoms with Gasteiger partial charge in [0.2, 0.25) is 0 Å². The molecule has 1 spiro atoms. The standard InChI is InChI=1S/C38H21F2NOTe/c39-22-17-18-31(40)34(19-22)41-32-14-6-4-12-28(32)38(29-13-5-7-15-33(29)41)27-11-3-1-9-23(27)25-20-26-36(21-30(25)38)43-35-16-8-2-10-24(35)37(26)42/h1-21H. The third kappa shape index (κ3) is 3.24. The normalized spacial score (nSPS) is 14.0. The van der Waals surface area contributed by atoms with Crippen LogP contribution in [0.1, 0.15) is 22.3 Å². The molecule has 204 valence electrons. The van der Waals surface area contributed by atoms with Crippen molar-refractivity contribution in [1.29, 1.82) is 0 Å². The van der Waals surface area contributed by atoms with E-state index in [1.54, 1.807) is 0 Å². The van der Waals surface area contributed by atoms with Gasteiger partial charge in [0, 0.05) is 0 Å². The molecule has 0 N–H and O–H groups in total. The van der Waals surface area contributed by atoms with Gasteiger partial charge in [-0.2, -0.15) is 0 Å². The van der Waals surface area contributed by atoms with E-state index in [1.807, 2.05) is 65.6 Å². The molecule has 2 nitrogen and oxygen atoms in total. The molecule has 2 aliphatic rings. The van der Waals surface area contributed by atoms with Gasteiger partial charge in [-0.3, -0.25) is 0 Å². The van der Waals surface area contributed by atoms with Crippen molar-refractivity contribution in [2.24, 2.45) is 0 Å². The van der Waals surface area contributed by atoms with Gasteiger partial charge in [-0.05, 0) is 0 Å². The summed E-state index contributed by atoms with van der Waals surface area (Å²) in [5.74, 6) is -0.990. The summed E-state index contributed by atoms with van der Waals surface area (Å²) in [6.07, 6.45) is 0. The Hall–Kier alpha value is -4.56. The second kappa shape index (κ2) is 8.97. The summed E-state index contributed by atoms with van der Waals surface area (Å²) in [5, 5.41) is 1.62. The third-order valence-corrected chi connectivity index (χ3v) is 12.2. The number of hydrogen-bond acceptors (Lipinski definition) is 2. The topological polar surface area (TPSA) is 20.3 Å². The van der Waals surface area contributed by atoms with E-state index in [2.05, 4.69) is 48.5 Å². The van der Waals surface area contributed by atoms with Gasteiger partial charge in [0.1, 0.15) is 0 Å². The van der Waals surface area contributed by atoms with E-state index in [0.717, 1.165) is 68.4 Å². The Labute approximate surface area is 255 Å². The first-order chi connectivity index (χ1) is 21.1. The molecule has 2 heterocycles. The molecule has 0 fully saturated rings. The molecule has 1 aliphatic carbocycles. The molecule has 5 heteroatoms. The van der Waals surface area contributed by atoms with Crippen LogP contribution in [-0.2, 0) is 5.41 Å². The number of halogens is 2. The van der Waals surface area contributed by atoms with Crippen molar-refractivity contribution in [3.8, 4) is 11.1 Å². The number of rotatable bonds is 1. The first kappa shape index (κ1) is 25.0. The molecule has 1 aliphatic heterocycles. The molecule has 1 aromatic heterocycles. The van der Waals surface area contributed by atoms with Crippen LogP contribution in [0.25, 0.3) is 28.7 Å². The Kier molecular flexibility index (Phi) is 5.21. The minimum atomic E-state index is -0.817. The third-order valence-electron chi connectivity index (χ3n) is 8.99. The Balaban J connectivity index is 1.45. The molecule has 7 aromatic rings. The molecule has 0 saturated heterocycles. The first-order valence-electron chi connectivity index (χ1n) is 14.1. The number of anilines is 3. The molecule has 0 bridgehead atoms. The maximum atomic E-state index is 15.5. The fraction of sp³-hybridized carbons (Fsp3) is 0.0263. The maximum absolute atomic E-state index is 15.5. The summed E-state index contributed by atoms with van der Waals surface area (Å²) in [7, 11) is 0. The molecule has 0 unspecified atom stereocenters. The van der Waals surface area contributed by atoms with Crippen molar-refractivity contribution >= 4 is 55.1 Å². The van der Waals surface area contributed by atoms with E-state index in [4.69, 9.17) is 0 Å². The summed E-state index contributed by atoms with van der Waals surface area (Å²) in [6.45, 7) is 0. The van der Waals surface area contributed by atoms with E-state index in [1.165, 1.54) is 12.1 Å². The molecule has 0 amide bonds. The van der Waals surface area contributed by atoms with E-state index < -0.39 is 37.5 Å². The molecule has 0 atom stereocenters. The zero-order valence-corrected chi connectivity index (χ0v) is 25.0. The summed E-state index contributed by atoms with van der Waals surface area (Å²) < 4.78 is 32.4. The van der Waals surface area contributed by atoms with Crippen LogP contribution in [-0.4, -0.2) is 20.4 Å². The van der Waals surface area contributed by atoms with Crippen LogP contribution < -0.4 is 10.3 Å². The van der Waals surface area contributed by atoms with E-state index in [0.29, 0.717) is 0 Å². The van der Waals surface area contributed by atoms with E-state index in [9.17, 15) is 9.18 Å². The zero-order valence-electron chi connectivity index (χ0n) is 22.6. The Morgan fingerprint density at radius 1 is 0.535 bits per heavy atom. The van der Waals surface area contributed by atoms with Crippen LogP contribution in [0.4, 0.5) is 25.8 Å². The molecule has 0 saturated carbocycles. The first-order valence-corrected chi connectivity index (χ1v) is 16.4. The molecule has 6 aromatic carbocycles. The van der Waals surface area contributed by atoms with Crippen molar-refractivity contribution in [1.82, 2.24) is 0 Å². The quantitative estimate of drug-likeness (QED) is 0.128. The summed E-state index contributed by atoms with van der Waals surface area (Å²) in [5.41, 5.74) is 7.50. The average Bonchev–Trinajstić information content (AvgIpc) is 3.32. The van der Waals surface area contributed by atoms with Crippen molar-refractivity contribution in [3.63, 3.8) is 0 Å². The number of hydrogen-bond donors (Lipinski definition) is 0. The van der Waals surface area contributed by atoms with Crippen LogP contribution in [0.15, 0.2) is 132 Å². The average molecular weight is 673 g/mol. The number of para-hydroxylation sites is 2. The summed E-state index contributed by atoms with van der Waals surface area (Å²) in [4.78, 5) is 15.6. The second-order valence-electron chi connectivity index (χ2n) is 11.1. The summed E-state index contributed by atoms with van der Waals surface area (Å²) in [6, 6.07) is 40.5. The predicted molar refractivity (Wildman–Crippen MR) is 170 cm³/mol. The van der Waals surface area contributed by atoms with Crippen LogP contribution in [0, 0.1) is 11.6 Å². The van der Waals surface area contributed by atoms with Gasteiger partial charge in [0.05, 0.1) is 0 Å². The van der Waals surface area contributed by atoms with E-state index in [-0.39, 0.29) is 11.1 Å². The fourth-order valence-electron chi connectivity index (χ4n) is 7.32. The van der Waals surface area contributed by atoms with Gasteiger partial charge in [0.25, 0.3) is 0 Å². The van der Waals surface area contributed by atoms with Gasteiger partial charge in [-0.25, -0.2) is 0 Å². The van der Waals surface area contributed by atoms with Crippen LogP contribution in [0.2, 0.25) is 0 Å². The second-order valence-corrected chi connectivity index (χ2v) is 14.2. The van der Waals surface area contributed by atoms with Gasteiger partial charge in [-0.1, -0.05) is 0 Å². The van der Waals surface area contributed by atoms with E-state index >= 15 is 4.39 Å². The van der Waals surface area contributed by atoms with Crippen molar-refractivity contribution in [2.45, 2.75) is 5.41 Å². The van der Waals surface area contributed by atoms with Crippen molar-refractivity contribution in [3.05, 3.63) is 172 Å². The predicted octanol–water partition coefficient (Wildman–Crippen LogP) is 8.83. The SMILES string of the molecule is O=c1c2ccccc2[te]c2cc3c(cc12)-c1ccccc1C31c2ccccc2N(c2cc(F)ccc2F)c2ccccc21. The van der Waals surface area contributed by atoms with Gasteiger partial charge in [0.15, 0.2) is 0 Å². The van der Waals surface area contributed by atoms with Crippen LogP contribution >= 0.6 is 0 Å². The van der Waals surface area contributed by atoms with Gasteiger partial charge >= 0.3 is 257 Å². The number of nitrogens with zero attached hydrogens (tertiary/aromatic N) is 1. The van der Waals surface area contributed by atoms with Gasteiger partial charge < -0.3 is 0 Å². The molecular weight excluding hydrogens is 652 g/mol. The molecule has 43 heavy (non-hydrogen) atoms. The minimum absolute atomic E-state index is 0.0837. The number of fused-ring (bicyclic) bond motifs is 11. The van der Waals surface area contributed by atoms with Crippen LogP contribution in [0.3, 0.4) is 0 Å². The van der Waals surface area contributed by atoms with Crippen LogP contribution in [0.5, 0.6) is 0 Å². The number of benzene rings is 6. The molecule has 9 rings (SSSR count). The summed E-state index contributed by atoms with van der Waals surface area (Å²) >= 11 is -0.817. The van der Waals surface area contributed by atoms with Crippen molar-refractivity contribution in [2.75, 3.05) is 4.90 Å². The Bertz CT molecular complexity index is 2330. The van der Waals surface area contributed by atoms with Crippen molar-refractivity contribution < 1.29 is 8.78 Å². The fourth-order valence-corrected chi connectivity index (χ4v) is 10.4. The Morgan fingerprint density at radius 3 is 1.95 bits per heavy atom. The monoisotopic (exact) mass is 675 g/mol. The van der Waals surface area contributed by atoms with Gasteiger partial charge in [-0.15, -0.1) is 0 Å². The zero-order chi connectivity index (χ0) is 28.9. The molecular formula is C38H21F2NOTe. The molecule has 0 radical (unpaired) electrons. The Morgan fingerprint density at radius 2 is 1.19 bits per heavy atom.